The maximum atomic E-state index is 13.3. The highest BCUT2D eigenvalue weighted by Crippen LogP contribution is 2.30. The molecule has 1 aliphatic heterocycles. The molecule has 2 aromatic carbocycles. The molecule has 0 N–H and O–H groups in total. The van der Waals surface area contributed by atoms with Crippen LogP contribution in [-0.2, 0) is 11.2 Å². The van der Waals surface area contributed by atoms with Gasteiger partial charge in [-0.1, -0.05) is 23.4 Å². The molecule has 0 saturated heterocycles. The van der Waals surface area contributed by atoms with E-state index in [2.05, 4.69) is 4.99 Å². The third-order valence-electron chi connectivity index (χ3n) is 4.51. The van der Waals surface area contributed by atoms with Crippen LogP contribution in [0.2, 0.25) is 5.02 Å². The van der Waals surface area contributed by atoms with Crippen molar-refractivity contribution in [3.63, 3.8) is 0 Å². The lowest BCUT2D eigenvalue weighted by atomic mass is 10.1. The lowest BCUT2D eigenvalue weighted by Gasteiger charge is -2.22. The largest absolute Gasteiger partial charge is 0.497 e. The van der Waals surface area contributed by atoms with Gasteiger partial charge in [0.1, 0.15) is 11.3 Å². The first-order valence-electron chi connectivity index (χ1n) is 8.88. The van der Waals surface area contributed by atoms with Crippen molar-refractivity contribution in [3.8, 4) is 5.75 Å². The quantitative estimate of drug-likeness (QED) is 0.591. The number of aliphatic imine (C=N–C) groups is 1. The number of methoxy groups -OCH3 is 1. The third kappa shape index (κ3) is 3.75. The number of carbonyl (C=O) groups is 1. The van der Waals surface area contributed by atoms with Gasteiger partial charge in [0.25, 0.3) is 0 Å². The van der Waals surface area contributed by atoms with Gasteiger partial charge in [0.05, 0.1) is 31.5 Å². The minimum atomic E-state index is -0.0683. The molecule has 28 heavy (non-hydrogen) atoms. The van der Waals surface area contributed by atoms with Crippen LogP contribution in [-0.4, -0.2) is 30.0 Å². The Morgan fingerprint density at radius 2 is 2.11 bits per heavy atom. The highest BCUT2D eigenvalue weighted by atomic mass is 35.5. The van der Waals surface area contributed by atoms with Gasteiger partial charge in [-0.3, -0.25) is 14.7 Å². The Morgan fingerprint density at radius 1 is 1.32 bits per heavy atom. The average Bonchev–Trinajstić information content (AvgIpc) is 3.29. The van der Waals surface area contributed by atoms with Gasteiger partial charge in [0.15, 0.2) is 5.17 Å². The van der Waals surface area contributed by atoms with Gasteiger partial charge in [-0.15, -0.1) is 0 Å². The standard InChI is InChI=1S/C21H19ClN2O3S/c1-13-12-28-21(23-13)24(16-5-3-15(22)4-6-16)20(25)9-14-11-27-19-10-17(26-2)7-8-18(14)19/h3-8,10-11,13H,9,12H2,1-2H3/t13-/m1/s1. The Balaban J connectivity index is 1.66. The summed E-state index contributed by atoms with van der Waals surface area (Å²) < 4.78 is 10.9. The summed E-state index contributed by atoms with van der Waals surface area (Å²) in [5.41, 5.74) is 2.28. The SMILES string of the molecule is COc1ccc2c(CC(=O)N(C3=N[C@H](C)CS3)c3ccc(Cl)cc3)coc2c1. The summed E-state index contributed by atoms with van der Waals surface area (Å²) in [6.45, 7) is 2.04. The zero-order chi connectivity index (χ0) is 19.7. The summed E-state index contributed by atoms with van der Waals surface area (Å²) >= 11 is 7.61. The van der Waals surface area contributed by atoms with E-state index in [1.165, 1.54) is 0 Å². The summed E-state index contributed by atoms with van der Waals surface area (Å²) in [6, 6.07) is 13.0. The number of amides is 1. The molecule has 0 unspecified atom stereocenters. The Morgan fingerprint density at radius 3 is 2.79 bits per heavy atom. The molecule has 0 radical (unpaired) electrons. The van der Waals surface area contributed by atoms with Crippen LogP contribution in [0.1, 0.15) is 12.5 Å². The molecule has 7 heteroatoms. The van der Waals surface area contributed by atoms with Crippen LogP contribution in [0, 0.1) is 0 Å². The molecule has 1 aromatic heterocycles. The normalized spacial score (nSPS) is 16.2. The zero-order valence-corrected chi connectivity index (χ0v) is 17.1. The van der Waals surface area contributed by atoms with Gasteiger partial charge in [0, 0.05) is 27.8 Å². The number of benzene rings is 2. The van der Waals surface area contributed by atoms with Crippen molar-refractivity contribution in [2.45, 2.75) is 19.4 Å². The van der Waals surface area contributed by atoms with E-state index >= 15 is 0 Å². The minimum Gasteiger partial charge on any atom is -0.497 e. The Hall–Kier alpha value is -2.44. The molecule has 1 aliphatic rings. The molecule has 1 amide bonds. The molecule has 0 fully saturated rings. The minimum absolute atomic E-state index is 0.0683. The third-order valence-corrected chi connectivity index (χ3v) is 5.96. The predicted molar refractivity (Wildman–Crippen MR) is 115 cm³/mol. The number of halogens is 1. The van der Waals surface area contributed by atoms with E-state index in [4.69, 9.17) is 20.8 Å². The van der Waals surface area contributed by atoms with Crippen LogP contribution in [0.25, 0.3) is 11.0 Å². The number of nitrogens with zero attached hydrogens (tertiary/aromatic N) is 2. The fourth-order valence-corrected chi connectivity index (χ4v) is 4.28. The second-order valence-electron chi connectivity index (χ2n) is 6.58. The molecular formula is C21H19ClN2O3S. The number of hydrogen-bond donors (Lipinski definition) is 0. The summed E-state index contributed by atoms with van der Waals surface area (Å²) in [5, 5.41) is 2.24. The highest BCUT2D eigenvalue weighted by Gasteiger charge is 2.27. The number of fused-ring (bicyclic) bond motifs is 1. The van der Waals surface area contributed by atoms with E-state index in [-0.39, 0.29) is 18.4 Å². The van der Waals surface area contributed by atoms with Gasteiger partial charge in [0.2, 0.25) is 5.91 Å². The first-order chi connectivity index (χ1) is 13.5. The monoisotopic (exact) mass is 414 g/mol. The second kappa shape index (κ2) is 7.89. The smallest absolute Gasteiger partial charge is 0.237 e. The fourth-order valence-electron chi connectivity index (χ4n) is 3.10. The van der Waals surface area contributed by atoms with E-state index in [1.807, 2.05) is 37.3 Å². The molecule has 0 bridgehead atoms. The number of rotatable bonds is 4. The van der Waals surface area contributed by atoms with Crippen molar-refractivity contribution in [1.82, 2.24) is 0 Å². The molecular weight excluding hydrogens is 396 g/mol. The Labute approximate surface area is 172 Å². The first-order valence-corrected chi connectivity index (χ1v) is 10.2. The van der Waals surface area contributed by atoms with Crippen LogP contribution < -0.4 is 9.64 Å². The van der Waals surface area contributed by atoms with Gasteiger partial charge in [-0.25, -0.2) is 0 Å². The average molecular weight is 415 g/mol. The van der Waals surface area contributed by atoms with Gasteiger partial charge < -0.3 is 9.15 Å². The lowest BCUT2D eigenvalue weighted by Crippen LogP contribution is -2.35. The zero-order valence-electron chi connectivity index (χ0n) is 15.5. The molecule has 144 valence electrons. The number of anilines is 1. The van der Waals surface area contributed by atoms with E-state index < -0.39 is 0 Å². The van der Waals surface area contributed by atoms with Crippen LogP contribution in [0.5, 0.6) is 5.75 Å². The van der Waals surface area contributed by atoms with Crippen LogP contribution in [0.4, 0.5) is 5.69 Å². The number of hydrogen-bond acceptors (Lipinski definition) is 5. The lowest BCUT2D eigenvalue weighted by molar-refractivity contribution is -0.117. The molecule has 1 atom stereocenters. The maximum Gasteiger partial charge on any atom is 0.237 e. The molecule has 5 nitrogen and oxygen atoms in total. The summed E-state index contributed by atoms with van der Waals surface area (Å²) in [4.78, 5) is 19.6. The molecule has 3 aromatic rings. The van der Waals surface area contributed by atoms with E-state index in [0.717, 1.165) is 22.4 Å². The van der Waals surface area contributed by atoms with Crippen molar-refractivity contribution in [2.75, 3.05) is 17.8 Å². The van der Waals surface area contributed by atoms with Crippen LogP contribution in [0.3, 0.4) is 0 Å². The van der Waals surface area contributed by atoms with Crippen molar-refractivity contribution in [3.05, 3.63) is 59.3 Å². The summed E-state index contributed by atoms with van der Waals surface area (Å²) in [6.07, 6.45) is 1.84. The first kappa shape index (κ1) is 18.9. The molecule has 0 spiro atoms. The van der Waals surface area contributed by atoms with E-state index in [1.54, 1.807) is 42.2 Å². The molecule has 2 heterocycles. The van der Waals surface area contributed by atoms with Crippen molar-refractivity contribution in [1.29, 1.82) is 0 Å². The predicted octanol–water partition coefficient (Wildman–Crippen LogP) is 5.16. The molecule has 4 rings (SSSR count). The summed E-state index contributed by atoms with van der Waals surface area (Å²) in [5.74, 6) is 1.51. The van der Waals surface area contributed by atoms with E-state index in [9.17, 15) is 4.79 Å². The highest BCUT2D eigenvalue weighted by molar-refractivity contribution is 8.14. The molecule has 0 saturated carbocycles. The Bertz CT molecular complexity index is 1050. The molecule has 0 aliphatic carbocycles. The van der Waals surface area contributed by atoms with Gasteiger partial charge >= 0.3 is 0 Å². The Kier molecular flexibility index (Phi) is 5.33. The number of thioether (sulfide) groups is 1. The summed E-state index contributed by atoms with van der Waals surface area (Å²) in [7, 11) is 1.61. The van der Waals surface area contributed by atoms with Gasteiger partial charge in [-0.2, -0.15) is 0 Å². The van der Waals surface area contributed by atoms with E-state index in [0.29, 0.717) is 21.5 Å². The topological polar surface area (TPSA) is 55.0 Å². The number of furan rings is 1. The number of carbonyl (C=O) groups excluding carboxylic acids is 1. The van der Waals surface area contributed by atoms with Crippen molar-refractivity contribution in [2.24, 2.45) is 4.99 Å². The number of ether oxygens (including phenoxy) is 1. The van der Waals surface area contributed by atoms with Gasteiger partial charge in [-0.05, 0) is 43.3 Å². The second-order valence-corrected chi connectivity index (χ2v) is 8.00. The van der Waals surface area contributed by atoms with Crippen molar-refractivity contribution < 1.29 is 13.9 Å². The maximum absolute atomic E-state index is 13.3. The number of amidine groups is 1. The fraction of sp³-hybridized carbons (Fsp3) is 0.238. The van der Waals surface area contributed by atoms with Crippen LogP contribution >= 0.6 is 23.4 Å². The van der Waals surface area contributed by atoms with Crippen molar-refractivity contribution >= 4 is 51.1 Å². The van der Waals surface area contributed by atoms with Crippen LogP contribution in [0.15, 0.2) is 58.1 Å².